The number of benzene rings is 1. The Morgan fingerprint density at radius 2 is 2.00 bits per heavy atom. The van der Waals surface area contributed by atoms with E-state index >= 15 is 0 Å². The number of carboxylic acid groups (broad SMARTS) is 1. The number of aromatic hydroxyl groups is 1. The number of nitrogens with zero attached hydrogens (tertiary/aromatic N) is 4. The number of hydrogen-bond donors (Lipinski definition) is 2. The van der Waals surface area contributed by atoms with Gasteiger partial charge in [0.05, 0.1) is 23.0 Å². The monoisotopic (exact) mass is 518 g/mol. The van der Waals surface area contributed by atoms with E-state index in [0.717, 1.165) is 19.5 Å². The third-order valence-corrected chi connectivity index (χ3v) is 7.81. The Morgan fingerprint density at radius 1 is 1.22 bits per heavy atom. The van der Waals surface area contributed by atoms with E-state index < -0.39 is 18.0 Å². The number of amides is 2. The standard InChI is InChI=1S/C25H28ClFN4O5/c1-13-10-29(2)7-6-15(13)21-19-23(20(26)22(28-21)18-16(27)4-3-5-17(18)32)36-12-14-11-30(25(34)35)8-9-31(14)24(19)33/h3-5,13-15,32H,6-12H2,1-2H3,(H,34,35)/t13?,14-,15?/m1/s1. The lowest BCUT2D eigenvalue weighted by Gasteiger charge is -2.39. The molecular formula is C25H28ClFN4O5. The summed E-state index contributed by atoms with van der Waals surface area (Å²) >= 11 is 6.74. The number of phenolic OH excluding ortho intramolecular Hbond substituents is 1. The topological polar surface area (TPSA) is 106 Å². The molecule has 2 unspecified atom stereocenters. The van der Waals surface area contributed by atoms with Crippen molar-refractivity contribution in [2.45, 2.75) is 25.3 Å². The van der Waals surface area contributed by atoms with Crippen molar-refractivity contribution in [1.29, 1.82) is 0 Å². The summed E-state index contributed by atoms with van der Waals surface area (Å²) in [7, 11) is 2.03. The second-order valence-electron chi connectivity index (χ2n) is 9.82. The van der Waals surface area contributed by atoms with Crippen molar-refractivity contribution in [3.8, 4) is 22.8 Å². The number of halogens is 2. The van der Waals surface area contributed by atoms with Crippen LogP contribution in [0.1, 0.15) is 35.3 Å². The van der Waals surface area contributed by atoms with Gasteiger partial charge in [-0.05, 0) is 38.1 Å². The van der Waals surface area contributed by atoms with Gasteiger partial charge in [-0.2, -0.15) is 0 Å². The van der Waals surface area contributed by atoms with E-state index in [4.69, 9.17) is 21.3 Å². The molecule has 5 rings (SSSR count). The Hall–Kier alpha value is -3.11. The van der Waals surface area contributed by atoms with Gasteiger partial charge in [-0.25, -0.2) is 14.2 Å². The van der Waals surface area contributed by atoms with Gasteiger partial charge in [0, 0.05) is 32.1 Å². The predicted molar refractivity (Wildman–Crippen MR) is 130 cm³/mol. The molecule has 2 N–H and O–H groups in total. The lowest BCUT2D eigenvalue weighted by molar-refractivity contribution is 0.0388. The number of phenols is 1. The first-order valence-electron chi connectivity index (χ1n) is 12.0. The van der Waals surface area contributed by atoms with Crippen LogP contribution in [0.3, 0.4) is 0 Å². The van der Waals surface area contributed by atoms with E-state index in [0.29, 0.717) is 5.69 Å². The summed E-state index contributed by atoms with van der Waals surface area (Å²) in [5.74, 6) is -1.21. The molecule has 0 spiro atoms. The maximum atomic E-state index is 14.9. The fraction of sp³-hybridized carbons (Fsp3) is 0.480. The number of fused-ring (bicyclic) bond motifs is 2. The SMILES string of the molecule is CC1CN(C)CCC1c1nc(-c2c(O)cccc2F)c(Cl)c2c1C(=O)N1CCN(C(=O)O)C[C@@H]1CO2. The van der Waals surface area contributed by atoms with Crippen LogP contribution in [0.5, 0.6) is 11.5 Å². The van der Waals surface area contributed by atoms with E-state index in [2.05, 4.69) is 11.8 Å². The van der Waals surface area contributed by atoms with Crippen LogP contribution in [0, 0.1) is 11.7 Å². The highest BCUT2D eigenvalue weighted by Gasteiger charge is 2.42. The van der Waals surface area contributed by atoms with Crippen molar-refractivity contribution < 1.29 is 28.9 Å². The quantitative estimate of drug-likeness (QED) is 0.626. The number of piperidine rings is 1. The van der Waals surface area contributed by atoms with Crippen LogP contribution < -0.4 is 4.74 Å². The van der Waals surface area contributed by atoms with Gasteiger partial charge >= 0.3 is 6.09 Å². The minimum atomic E-state index is -1.05. The molecule has 0 saturated carbocycles. The highest BCUT2D eigenvalue weighted by molar-refractivity contribution is 6.35. The number of pyridine rings is 1. The number of ether oxygens (including phenoxy) is 1. The van der Waals surface area contributed by atoms with Gasteiger partial charge in [-0.15, -0.1) is 0 Å². The van der Waals surface area contributed by atoms with Crippen LogP contribution in [0.2, 0.25) is 5.02 Å². The summed E-state index contributed by atoms with van der Waals surface area (Å²) in [6.45, 7) is 4.21. The fourth-order valence-electron chi connectivity index (χ4n) is 5.60. The van der Waals surface area contributed by atoms with Crippen LogP contribution in [0.15, 0.2) is 18.2 Å². The lowest BCUT2D eigenvalue weighted by Crippen LogP contribution is -2.57. The number of hydrogen-bond acceptors (Lipinski definition) is 6. The van der Waals surface area contributed by atoms with Crippen LogP contribution in [0.25, 0.3) is 11.3 Å². The predicted octanol–water partition coefficient (Wildman–Crippen LogP) is 3.50. The minimum Gasteiger partial charge on any atom is -0.507 e. The van der Waals surface area contributed by atoms with Crippen LogP contribution in [0.4, 0.5) is 9.18 Å². The summed E-state index contributed by atoms with van der Waals surface area (Å²) in [5.41, 5.74) is 0.584. The smallest absolute Gasteiger partial charge is 0.407 e. The maximum absolute atomic E-state index is 14.9. The number of likely N-dealkylation sites (tertiary alicyclic amines) is 1. The summed E-state index contributed by atoms with van der Waals surface area (Å²) in [5, 5.41) is 19.9. The van der Waals surface area contributed by atoms with E-state index in [9.17, 15) is 24.2 Å². The van der Waals surface area contributed by atoms with Crippen LogP contribution in [-0.2, 0) is 0 Å². The van der Waals surface area contributed by atoms with Gasteiger partial charge in [0.1, 0.15) is 28.8 Å². The normalized spacial score (nSPS) is 24.6. The van der Waals surface area contributed by atoms with Crippen molar-refractivity contribution in [1.82, 2.24) is 19.7 Å². The molecule has 1 aromatic carbocycles. The van der Waals surface area contributed by atoms with Crippen LogP contribution >= 0.6 is 11.6 Å². The second kappa shape index (κ2) is 9.40. The van der Waals surface area contributed by atoms with Gasteiger partial charge in [0.25, 0.3) is 5.91 Å². The zero-order valence-electron chi connectivity index (χ0n) is 20.1. The van der Waals surface area contributed by atoms with Crippen molar-refractivity contribution in [2.75, 3.05) is 46.4 Å². The van der Waals surface area contributed by atoms with Crippen molar-refractivity contribution in [3.05, 3.63) is 40.3 Å². The fourth-order valence-corrected chi connectivity index (χ4v) is 5.89. The molecule has 192 valence electrons. The zero-order chi connectivity index (χ0) is 25.7. The highest BCUT2D eigenvalue weighted by Crippen LogP contribution is 2.47. The average molecular weight is 519 g/mol. The minimum absolute atomic E-state index is 0.0204. The molecule has 2 amide bonds. The molecule has 2 fully saturated rings. The molecular weight excluding hydrogens is 491 g/mol. The molecule has 0 radical (unpaired) electrons. The Balaban J connectivity index is 1.69. The molecule has 0 bridgehead atoms. The molecule has 11 heteroatoms. The molecule has 2 aromatic rings. The van der Waals surface area contributed by atoms with Crippen LogP contribution in [-0.4, -0.2) is 94.3 Å². The first-order chi connectivity index (χ1) is 17.2. The first kappa shape index (κ1) is 24.6. The number of carbonyl (C=O) groups is 2. The van der Waals surface area contributed by atoms with E-state index in [1.807, 2.05) is 7.05 Å². The number of aromatic nitrogens is 1. The van der Waals surface area contributed by atoms with E-state index in [1.165, 1.54) is 23.1 Å². The molecule has 3 aliphatic heterocycles. The number of carbonyl (C=O) groups excluding carboxylic acids is 1. The molecule has 9 nitrogen and oxygen atoms in total. The highest BCUT2D eigenvalue weighted by atomic mass is 35.5. The molecule has 3 atom stereocenters. The molecule has 0 aliphatic carbocycles. The van der Waals surface area contributed by atoms with Gasteiger partial charge in [-0.3, -0.25) is 4.79 Å². The molecule has 4 heterocycles. The molecule has 1 aromatic heterocycles. The summed E-state index contributed by atoms with van der Waals surface area (Å²) < 4.78 is 21.0. The number of rotatable bonds is 2. The largest absolute Gasteiger partial charge is 0.507 e. The Kier molecular flexibility index (Phi) is 6.42. The Bertz CT molecular complexity index is 1210. The molecule has 36 heavy (non-hydrogen) atoms. The van der Waals surface area contributed by atoms with Gasteiger partial charge in [0.15, 0.2) is 5.75 Å². The number of piperazine rings is 1. The zero-order valence-corrected chi connectivity index (χ0v) is 20.8. The maximum Gasteiger partial charge on any atom is 0.407 e. The first-order valence-corrected chi connectivity index (χ1v) is 12.4. The summed E-state index contributed by atoms with van der Waals surface area (Å²) in [4.78, 5) is 35.4. The second-order valence-corrected chi connectivity index (χ2v) is 10.2. The van der Waals surface area contributed by atoms with Gasteiger partial charge in [0.2, 0.25) is 0 Å². The Labute approximate surface area is 213 Å². The Morgan fingerprint density at radius 3 is 2.69 bits per heavy atom. The van der Waals surface area contributed by atoms with Crippen molar-refractivity contribution >= 4 is 23.6 Å². The lowest BCUT2D eigenvalue weighted by atomic mass is 9.82. The molecule has 3 aliphatic rings. The van der Waals surface area contributed by atoms with E-state index in [-0.39, 0.29) is 77.3 Å². The van der Waals surface area contributed by atoms with Crippen molar-refractivity contribution in [2.24, 2.45) is 5.92 Å². The average Bonchev–Trinajstić information content (AvgIpc) is 2.97. The van der Waals surface area contributed by atoms with Gasteiger partial charge < -0.3 is 29.6 Å². The summed E-state index contributed by atoms with van der Waals surface area (Å²) in [6.07, 6.45) is -0.327. The molecule has 2 saturated heterocycles. The van der Waals surface area contributed by atoms with Crippen molar-refractivity contribution in [3.63, 3.8) is 0 Å². The van der Waals surface area contributed by atoms with E-state index in [1.54, 1.807) is 4.90 Å². The van der Waals surface area contributed by atoms with Gasteiger partial charge in [-0.1, -0.05) is 24.6 Å². The third kappa shape index (κ3) is 4.12. The third-order valence-electron chi connectivity index (χ3n) is 7.46. The summed E-state index contributed by atoms with van der Waals surface area (Å²) in [6, 6.07) is 3.45.